The first kappa shape index (κ1) is 20.8. The lowest BCUT2D eigenvalue weighted by molar-refractivity contribution is -0.153. The second-order valence-corrected chi connectivity index (χ2v) is 5.85. The van der Waals surface area contributed by atoms with Crippen molar-refractivity contribution >= 4 is 29.3 Å². The normalized spacial score (nSPS) is 11.1. The van der Waals surface area contributed by atoms with Crippen LogP contribution in [-0.2, 0) is 14.3 Å². The maximum atomic E-state index is 12.1. The predicted molar refractivity (Wildman–Crippen MR) is 105 cm³/mol. The largest absolute Gasteiger partial charge is 0.497 e. The molecule has 2 rings (SSSR count). The van der Waals surface area contributed by atoms with Gasteiger partial charge in [-0.25, -0.2) is 4.79 Å². The molecule has 0 aliphatic heterocycles. The zero-order valence-electron chi connectivity index (χ0n) is 15.7. The third-order valence-electron chi connectivity index (χ3n) is 3.68. The number of hydrogen-bond acceptors (Lipinski definition) is 5. The number of urea groups is 1. The van der Waals surface area contributed by atoms with Crippen molar-refractivity contribution in [3.05, 3.63) is 54.6 Å². The summed E-state index contributed by atoms with van der Waals surface area (Å²) < 4.78 is 10.1. The van der Waals surface area contributed by atoms with E-state index in [0.717, 1.165) is 0 Å². The molecule has 3 N–H and O–H groups in total. The van der Waals surface area contributed by atoms with Crippen LogP contribution < -0.4 is 20.7 Å². The zero-order chi connectivity index (χ0) is 20.4. The molecule has 148 valence electrons. The molecule has 0 aliphatic carbocycles. The molecule has 2 aromatic carbocycles. The molecule has 3 amide bonds. The molecule has 0 aromatic heterocycles. The molecule has 8 nitrogen and oxygen atoms in total. The molecule has 0 bridgehead atoms. The van der Waals surface area contributed by atoms with Gasteiger partial charge >= 0.3 is 12.0 Å². The van der Waals surface area contributed by atoms with E-state index in [1.54, 1.807) is 55.6 Å². The van der Waals surface area contributed by atoms with Crippen LogP contribution in [0.25, 0.3) is 0 Å². The Morgan fingerprint density at radius 1 is 0.929 bits per heavy atom. The third-order valence-corrected chi connectivity index (χ3v) is 3.68. The smallest absolute Gasteiger partial charge is 0.319 e. The lowest BCUT2D eigenvalue weighted by atomic mass is 10.3. The van der Waals surface area contributed by atoms with Gasteiger partial charge in [-0.15, -0.1) is 0 Å². The molecule has 0 saturated carbocycles. The highest BCUT2D eigenvalue weighted by Crippen LogP contribution is 2.15. The molecule has 0 spiro atoms. The second-order valence-electron chi connectivity index (χ2n) is 5.85. The fourth-order valence-electron chi connectivity index (χ4n) is 2.20. The fourth-order valence-corrected chi connectivity index (χ4v) is 2.20. The number of benzene rings is 2. The molecule has 28 heavy (non-hydrogen) atoms. The van der Waals surface area contributed by atoms with E-state index in [4.69, 9.17) is 9.47 Å². The van der Waals surface area contributed by atoms with Crippen LogP contribution >= 0.6 is 0 Å². The molecular formula is C20H23N3O5. The number of para-hydroxylation sites is 1. The van der Waals surface area contributed by atoms with E-state index >= 15 is 0 Å². The monoisotopic (exact) mass is 385 g/mol. The summed E-state index contributed by atoms with van der Waals surface area (Å²) >= 11 is 0. The third kappa shape index (κ3) is 6.99. The van der Waals surface area contributed by atoms with Gasteiger partial charge in [-0.05, 0) is 43.3 Å². The van der Waals surface area contributed by atoms with Gasteiger partial charge in [0.25, 0.3) is 5.91 Å². The minimum atomic E-state index is -0.965. The number of methoxy groups -OCH3 is 1. The van der Waals surface area contributed by atoms with Crippen LogP contribution in [0.5, 0.6) is 5.75 Å². The van der Waals surface area contributed by atoms with Gasteiger partial charge in [0, 0.05) is 17.9 Å². The Kier molecular flexibility index (Phi) is 7.83. The van der Waals surface area contributed by atoms with E-state index in [2.05, 4.69) is 16.0 Å². The van der Waals surface area contributed by atoms with E-state index in [0.29, 0.717) is 17.1 Å². The molecule has 0 radical (unpaired) electrons. The summed E-state index contributed by atoms with van der Waals surface area (Å²) in [7, 11) is 1.55. The minimum Gasteiger partial charge on any atom is -0.497 e. The van der Waals surface area contributed by atoms with E-state index in [1.165, 1.54) is 6.92 Å². The lowest BCUT2D eigenvalue weighted by Gasteiger charge is -2.14. The molecule has 0 fully saturated rings. The van der Waals surface area contributed by atoms with Crippen LogP contribution in [-0.4, -0.2) is 37.7 Å². The van der Waals surface area contributed by atoms with Gasteiger partial charge in [0.05, 0.1) is 13.5 Å². The van der Waals surface area contributed by atoms with Crippen molar-refractivity contribution in [3.63, 3.8) is 0 Å². The summed E-state index contributed by atoms with van der Waals surface area (Å²) in [5, 5.41) is 7.84. The number of hydrogen-bond donors (Lipinski definition) is 3. The van der Waals surface area contributed by atoms with Gasteiger partial charge in [-0.2, -0.15) is 0 Å². The molecule has 0 saturated heterocycles. The number of carbonyl (C=O) groups excluding carboxylic acids is 3. The van der Waals surface area contributed by atoms with E-state index in [1.807, 2.05) is 6.07 Å². The summed E-state index contributed by atoms with van der Waals surface area (Å²) in [4.78, 5) is 35.7. The summed E-state index contributed by atoms with van der Waals surface area (Å²) in [6, 6.07) is 15.3. The minimum absolute atomic E-state index is 0.0532. The van der Waals surface area contributed by atoms with Crippen LogP contribution in [0.4, 0.5) is 16.2 Å². The second kappa shape index (κ2) is 10.6. The van der Waals surface area contributed by atoms with Crippen molar-refractivity contribution in [2.45, 2.75) is 19.4 Å². The van der Waals surface area contributed by atoms with E-state index in [9.17, 15) is 14.4 Å². The van der Waals surface area contributed by atoms with Gasteiger partial charge in [-0.1, -0.05) is 18.2 Å². The number of anilines is 2. The van der Waals surface area contributed by atoms with Crippen molar-refractivity contribution in [3.8, 4) is 5.75 Å². The Labute approximate surface area is 163 Å². The lowest BCUT2D eigenvalue weighted by Crippen LogP contribution is -2.33. The molecule has 0 heterocycles. The average Bonchev–Trinajstić information content (AvgIpc) is 2.69. The highest BCUT2D eigenvalue weighted by atomic mass is 16.5. The first-order chi connectivity index (χ1) is 13.5. The molecule has 0 unspecified atom stereocenters. The molecular weight excluding hydrogens is 362 g/mol. The first-order valence-corrected chi connectivity index (χ1v) is 8.72. The van der Waals surface area contributed by atoms with E-state index < -0.39 is 24.0 Å². The topological polar surface area (TPSA) is 106 Å². The van der Waals surface area contributed by atoms with Crippen molar-refractivity contribution < 1.29 is 23.9 Å². The number of ether oxygens (including phenoxy) is 2. The number of carbonyl (C=O) groups is 3. The fraction of sp³-hybridized carbons (Fsp3) is 0.250. The van der Waals surface area contributed by atoms with Crippen molar-refractivity contribution in [1.82, 2.24) is 5.32 Å². The SMILES string of the molecule is COc1ccc(NC(=O)[C@@H](C)OC(=O)CCNC(=O)Nc2ccccc2)cc1. The molecule has 1 atom stereocenters. The Morgan fingerprint density at radius 2 is 1.57 bits per heavy atom. The van der Waals surface area contributed by atoms with Crippen molar-refractivity contribution in [1.29, 1.82) is 0 Å². The Bertz CT molecular complexity index is 793. The number of rotatable bonds is 8. The summed E-state index contributed by atoms with van der Waals surface area (Å²) in [5.74, 6) is -0.369. The Morgan fingerprint density at radius 3 is 2.21 bits per heavy atom. The van der Waals surface area contributed by atoms with Gasteiger partial charge in [0.2, 0.25) is 0 Å². The first-order valence-electron chi connectivity index (χ1n) is 8.72. The van der Waals surface area contributed by atoms with Gasteiger partial charge in [0.15, 0.2) is 6.10 Å². The van der Waals surface area contributed by atoms with Crippen LogP contribution in [0.15, 0.2) is 54.6 Å². The summed E-state index contributed by atoms with van der Waals surface area (Å²) in [6.07, 6.45) is -1.02. The van der Waals surface area contributed by atoms with E-state index in [-0.39, 0.29) is 13.0 Å². The average molecular weight is 385 g/mol. The highest BCUT2D eigenvalue weighted by molar-refractivity contribution is 5.95. The number of amides is 3. The highest BCUT2D eigenvalue weighted by Gasteiger charge is 2.18. The molecule has 2 aromatic rings. The van der Waals surface area contributed by atoms with Crippen molar-refractivity contribution in [2.24, 2.45) is 0 Å². The predicted octanol–water partition coefficient (Wildman–Crippen LogP) is 2.78. The number of nitrogens with one attached hydrogen (secondary N) is 3. The van der Waals surface area contributed by atoms with Crippen LogP contribution in [0.1, 0.15) is 13.3 Å². The zero-order valence-corrected chi connectivity index (χ0v) is 15.7. The Hall–Kier alpha value is -3.55. The quantitative estimate of drug-likeness (QED) is 0.606. The van der Waals surface area contributed by atoms with Gasteiger partial charge < -0.3 is 25.4 Å². The van der Waals surface area contributed by atoms with Crippen LogP contribution in [0.2, 0.25) is 0 Å². The van der Waals surface area contributed by atoms with Crippen LogP contribution in [0.3, 0.4) is 0 Å². The van der Waals surface area contributed by atoms with Crippen LogP contribution in [0, 0.1) is 0 Å². The van der Waals surface area contributed by atoms with Crippen molar-refractivity contribution in [2.75, 3.05) is 24.3 Å². The van der Waals surface area contributed by atoms with Gasteiger partial charge in [0.1, 0.15) is 5.75 Å². The number of esters is 1. The van der Waals surface area contributed by atoms with Gasteiger partial charge in [-0.3, -0.25) is 9.59 Å². The Balaban J connectivity index is 1.68. The molecule has 0 aliphatic rings. The standard InChI is InChI=1S/C20H23N3O5/c1-14(19(25)22-16-8-10-17(27-2)11-9-16)28-18(24)12-13-21-20(26)23-15-6-4-3-5-7-15/h3-11,14H,12-13H2,1-2H3,(H,22,25)(H2,21,23,26)/t14-/m1/s1. The summed E-state index contributed by atoms with van der Waals surface area (Å²) in [6.45, 7) is 1.57. The summed E-state index contributed by atoms with van der Waals surface area (Å²) in [5.41, 5.74) is 1.21. The maximum Gasteiger partial charge on any atom is 0.319 e. The maximum absolute atomic E-state index is 12.1. The molecule has 8 heteroatoms.